The Morgan fingerprint density at radius 2 is 1.40 bits per heavy atom. The molecule has 2 nitrogen and oxygen atoms in total. The molecule has 0 aliphatic carbocycles. The van der Waals surface area contributed by atoms with E-state index < -0.39 is 0 Å². The highest BCUT2D eigenvalue weighted by molar-refractivity contribution is 14.0. The van der Waals surface area contributed by atoms with Gasteiger partial charge in [-0.05, 0) is 57.9 Å². The van der Waals surface area contributed by atoms with Gasteiger partial charge in [-0.15, -0.1) is 48.0 Å². The van der Waals surface area contributed by atoms with Crippen molar-refractivity contribution in [2.45, 2.75) is 59.9 Å². The largest absolute Gasteiger partial charge is 0.330 e. The van der Waals surface area contributed by atoms with Gasteiger partial charge in [0.15, 0.2) is 0 Å². The normalized spacial score (nSPS) is 11.0. The summed E-state index contributed by atoms with van der Waals surface area (Å²) >= 11 is 0. The molecule has 4 heteroatoms. The molecular weight excluding hydrogens is 474 g/mol. The van der Waals surface area contributed by atoms with Crippen molar-refractivity contribution < 1.29 is 0 Å². The third-order valence-electron chi connectivity index (χ3n) is 4.21. The van der Waals surface area contributed by atoms with E-state index in [1.165, 1.54) is 0 Å². The first-order valence-corrected chi connectivity index (χ1v) is 6.55. The third-order valence-corrected chi connectivity index (χ3v) is 4.21. The lowest BCUT2D eigenvalue weighted by Gasteiger charge is -2.47. The SMILES string of the molecule is CC(C)(N)C(C)(C)C(C)(C)C#CC#CCCCN.I.I. The Morgan fingerprint density at radius 3 is 1.80 bits per heavy atom. The first-order valence-electron chi connectivity index (χ1n) is 6.55. The van der Waals surface area contributed by atoms with E-state index in [-0.39, 0.29) is 64.3 Å². The molecule has 0 bridgehead atoms. The standard InChI is InChI=1S/C16H28N2.2HI/c1-14(2,15(3,4)16(5,6)18)12-10-8-7-9-11-13-17;;/h9,11,13,17-18H2,1-6H3;2*1H. The maximum atomic E-state index is 6.25. The number of nitrogens with two attached hydrogens (primary N) is 2. The number of halogens is 2. The van der Waals surface area contributed by atoms with Crippen molar-refractivity contribution in [3.8, 4) is 23.7 Å². The monoisotopic (exact) mass is 504 g/mol. The fourth-order valence-electron chi connectivity index (χ4n) is 1.45. The van der Waals surface area contributed by atoms with E-state index in [9.17, 15) is 0 Å². The molecule has 0 fully saturated rings. The van der Waals surface area contributed by atoms with E-state index in [0.29, 0.717) is 6.54 Å². The molecule has 0 saturated carbocycles. The fourth-order valence-corrected chi connectivity index (χ4v) is 1.45. The van der Waals surface area contributed by atoms with Crippen molar-refractivity contribution in [3.63, 3.8) is 0 Å². The zero-order valence-corrected chi connectivity index (χ0v) is 18.3. The Bertz CT molecular complexity index is 385. The van der Waals surface area contributed by atoms with Crippen LogP contribution in [0.3, 0.4) is 0 Å². The topological polar surface area (TPSA) is 52.0 Å². The molecular formula is C16H30I2N2. The van der Waals surface area contributed by atoms with Gasteiger partial charge in [0, 0.05) is 17.4 Å². The molecule has 0 aliphatic rings. The molecule has 0 aliphatic heterocycles. The smallest absolute Gasteiger partial charge is 0.0336 e. The van der Waals surface area contributed by atoms with Crippen LogP contribution in [0.25, 0.3) is 0 Å². The quantitative estimate of drug-likeness (QED) is 0.348. The van der Waals surface area contributed by atoms with Crippen molar-refractivity contribution in [1.29, 1.82) is 0 Å². The Labute approximate surface area is 159 Å². The molecule has 0 saturated heterocycles. The molecule has 0 atom stereocenters. The van der Waals surface area contributed by atoms with Crippen molar-refractivity contribution in [3.05, 3.63) is 0 Å². The molecule has 0 radical (unpaired) electrons. The van der Waals surface area contributed by atoms with Gasteiger partial charge in [0.2, 0.25) is 0 Å². The lowest BCUT2D eigenvalue weighted by atomic mass is 9.59. The predicted octanol–water partition coefficient (Wildman–Crippen LogP) is 3.76. The van der Waals surface area contributed by atoms with Gasteiger partial charge in [-0.25, -0.2) is 0 Å². The highest BCUT2D eigenvalue weighted by Gasteiger charge is 2.45. The first-order chi connectivity index (χ1) is 8.06. The summed E-state index contributed by atoms with van der Waals surface area (Å²) in [6, 6.07) is 0. The zero-order valence-electron chi connectivity index (χ0n) is 13.6. The number of rotatable bonds is 4. The maximum absolute atomic E-state index is 6.25. The summed E-state index contributed by atoms with van der Waals surface area (Å²) in [4.78, 5) is 0. The fraction of sp³-hybridized carbons (Fsp3) is 0.750. The van der Waals surface area contributed by atoms with Crippen molar-refractivity contribution >= 4 is 48.0 Å². The molecule has 20 heavy (non-hydrogen) atoms. The molecule has 0 unspecified atom stereocenters. The van der Waals surface area contributed by atoms with Crippen molar-refractivity contribution in [1.82, 2.24) is 0 Å². The van der Waals surface area contributed by atoms with Crippen molar-refractivity contribution in [2.24, 2.45) is 22.3 Å². The van der Waals surface area contributed by atoms with E-state index in [0.717, 1.165) is 12.8 Å². The van der Waals surface area contributed by atoms with Crippen LogP contribution in [0.4, 0.5) is 0 Å². The molecule has 0 rings (SSSR count). The summed E-state index contributed by atoms with van der Waals surface area (Å²) in [5, 5.41) is 0. The Hall–Kier alpha value is 0.500. The number of unbranched alkanes of at least 4 members (excludes halogenated alkanes) is 1. The Kier molecular flexibility index (Phi) is 13.1. The molecule has 0 amide bonds. The second-order valence-electron chi connectivity index (χ2n) is 6.42. The second-order valence-corrected chi connectivity index (χ2v) is 6.42. The average Bonchev–Trinajstić information content (AvgIpc) is 2.21. The highest BCUT2D eigenvalue weighted by Crippen LogP contribution is 2.44. The van der Waals surface area contributed by atoms with E-state index in [1.807, 2.05) is 13.8 Å². The molecule has 0 spiro atoms. The molecule has 118 valence electrons. The van der Waals surface area contributed by atoms with Gasteiger partial charge in [0.1, 0.15) is 0 Å². The van der Waals surface area contributed by atoms with Crippen LogP contribution in [-0.4, -0.2) is 12.1 Å². The summed E-state index contributed by atoms with van der Waals surface area (Å²) in [5.41, 5.74) is 11.1. The highest BCUT2D eigenvalue weighted by atomic mass is 127. The van der Waals surface area contributed by atoms with Gasteiger partial charge in [-0.1, -0.05) is 25.7 Å². The van der Waals surface area contributed by atoms with Crippen LogP contribution < -0.4 is 11.5 Å². The van der Waals surface area contributed by atoms with Gasteiger partial charge in [0.25, 0.3) is 0 Å². The third kappa shape index (κ3) is 7.49. The van der Waals surface area contributed by atoms with Crippen LogP contribution in [0.5, 0.6) is 0 Å². The van der Waals surface area contributed by atoms with Crippen LogP contribution in [0.15, 0.2) is 0 Å². The van der Waals surface area contributed by atoms with Gasteiger partial charge in [-0.2, -0.15) is 0 Å². The maximum Gasteiger partial charge on any atom is 0.0336 e. The van der Waals surface area contributed by atoms with Crippen LogP contribution in [-0.2, 0) is 0 Å². The number of hydrogen-bond donors (Lipinski definition) is 2. The molecule has 0 aromatic rings. The summed E-state index contributed by atoms with van der Waals surface area (Å²) in [6.07, 6.45) is 1.75. The van der Waals surface area contributed by atoms with Crippen molar-refractivity contribution in [2.75, 3.05) is 6.54 Å². The van der Waals surface area contributed by atoms with E-state index in [1.54, 1.807) is 0 Å². The lowest BCUT2D eigenvalue weighted by Crippen LogP contribution is -2.54. The Balaban J connectivity index is -0.00000144. The minimum absolute atomic E-state index is 0. The first kappa shape index (κ1) is 25.5. The molecule has 4 N–H and O–H groups in total. The Morgan fingerprint density at radius 1 is 0.900 bits per heavy atom. The van der Waals surface area contributed by atoms with Crippen LogP contribution >= 0.6 is 48.0 Å². The van der Waals surface area contributed by atoms with Crippen LogP contribution in [0, 0.1) is 34.5 Å². The summed E-state index contributed by atoms with van der Waals surface area (Å²) < 4.78 is 0. The minimum atomic E-state index is -0.293. The van der Waals surface area contributed by atoms with Gasteiger partial charge < -0.3 is 11.5 Å². The second kappa shape index (κ2) is 10.3. The van der Waals surface area contributed by atoms with Gasteiger partial charge in [-0.3, -0.25) is 0 Å². The lowest BCUT2D eigenvalue weighted by molar-refractivity contribution is 0.0820. The zero-order chi connectivity index (χ0) is 14.4. The van der Waals surface area contributed by atoms with Gasteiger partial charge >= 0.3 is 0 Å². The summed E-state index contributed by atoms with van der Waals surface area (Å²) in [5.74, 6) is 12.1. The van der Waals surface area contributed by atoms with E-state index in [4.69, 9.17) is 11.5 Å². The average molecular weight is 504 g/mol. The summed E-state index contributed by atoms with van der Waals surface area (Å²) in [7, 11) is 0. The molecule has 0 heterocycles. The number of hydrogen-bond acceptors (Lipinski definition) is 2. The van der Waals surface area contributed by atoms with E-state index in [2.05, 4.69) is 51.4 Å². The van der Waals surface area contributed by atoms with E-state index >= 15 is 0 Å². The van der Waals surface area contributed by atoms with Crippen LogP contribution in [0.1, 0.15) is 54.4 Å². The molecule has 0 aromatic heterocycles. The molecule has 0 aromatic carbocycles. The minimum Gasteiger partial charge on any atom is -0.330 e. The van der Waals surface area contributed by atoms with Gasteiger partial charge in [0.05, 0.1) is 0 Å². The predicted molar refractivity (Wildman–Crippen MR) is 110 cm³/mol. The van der Waals surface area contributed by atoms with Crippen LogP contribution in [0.2, 0.25) is 0 Å². The summed E-state index contributed by atoms with van der Waals surface area (Å²) in [6.45, 7) is 13.3.